The molecule has 0 saturated carbocycles. The van der Waals surface area contributed by atoms with Crippen LogP contribution in [0.25, 0.3) is 11.1 Å². The Labute approximate surface area is 248 Å². The zero-order chi connectivity index (χ0) is 29.3. The van der Waals surface area contributed by atoms with Crippen molar-refractivity contribution in [1.82, 2.24) is 15.2 Å². The van der Waals surface area contributed by atoms with E-state index in [1.54, 1.807) is 0 Å². The fourth-order valence-electron chi connectivity index (χ4n) is 5.32. The normalized spacial score (nSPS) is 18.6. The molecule has 0 bridgehead atoms. The van der Waals surface area contributed by atoms with Crippen LogP contribution in [-0.2, 0) is 33.8 Å². The van der Waals surface area contributed by atoms with Crippen molar-refractivity contribution >= 4 is 5.91 Å². The summed E-state index contributed by atoms with van der Waals surface area (Å²) in [5, 5.41) is 12.4. The quantitative estimate of drug-likeness (QED) is 0.247. The fraction of sp³-hybridized carbons (Fsp3) is 0.314. The van der Waals surface area contributed by atoms with Gasteiger partial charge < -0.3 is 24.8 Å². The molecule has 1 saturated heterocycles. The van der Waals surface area contributed by atoms with Gasteiger partial charge in [0.25, 0.3) is 0 Å². The Hall–Kier alpha value is -3.88. The van der Waals surface area contributed by atoms with Crippen LogP contribution >= 0.6 is 0 Å². The number of nitrogens with zero attached hydrogens (tertiary/aromatic N) is 2. The fourth-order valence-corrected chi connectivity index (χ4v) is 5.32. The largest absolute Gasteiger partial charge is 0.392 e. The first-order chi connectivity index (χ1) is 20.5. The maximum absolute atomic E-state index is 11.5. The van der Waals surface area contributed by atoms with Crippen molar-refractivity contribution in [2.75, 3.05) is 20.1 Å². The van der Waals surface area contributed by atoms with Crippen molar-refractivity contribution in [2.45, 2.75) is 51.4 Å². The van der Waals surface area contributed by atoms with E-state index in [4.69, 9.17) is 9.47 Å². The number of aliphatic hydroxyl groups excluding tert-OH is 1. The van der Waals surface area contributed by atoms with Gasteiger partial charge in [-0.15, -0.1) is 0 Å². The molecule has 42 heavy (non-hydrogen) atoms. The molecular weight excluding hydrogens is 526 g/mol. The maximum Gasteiger partial charge on any atom is 0.217 e. The summed E-state index contributed by atoms with van der Waals surface area (Å²) in [5.74, 6) is -0.0516. The van der Waals surface area contributed by atoms with Gasteiger partial charge in [0.2, 0.25) is 5.91 Å². The van der Waals surface area contributed by atoms with Gasteiger partial charge in [0.05, 0.1) is 18.8 Å². The first kappa shape index (κ1) is 29.6. The second kappa shape index (κ2) is 14.3. The summed E-state index contributed by atoms with van der Waals surface area (Å²) in [6, 6.07) is 30.4. The van der Waals surface area contributed by atoms with E-state index in [1.807, 2.05) is 60.8 Å². The number of rotatable bonds is 11. The van der Waals surface area contributed by atoms with Crippen LogP contribution in [0.5, 0.6) is 0 Å². The molecule has 4 aromatic rings. The minimum atomic E-state index is -0.515. The number of pyridine rings is 1. The van der Waals surface area contributed by atoms with Crippen LogP contribution in [-0.4, -0.2) is 47.1 Å². The average molecular weight is 566 g/mol. The number of amides is 1. The van der Waals surface area contributed by atoms with Crippen molar-refractivity contribution in [1.29, 1.82) is 0 Å². The molecule has 2 heterocycles. The highest BCUT2D eigenvalue weighted by Crippen LogP contribution is 2.38. The zero-order valence-corrected chi connectivity index (χ0v) is 24.3. The van der Waals surface area contributed by atoms with E-state index in [1.165, 1.54) is 6.92 Å². The van der Waals surface area contributed by atoms with Gasteiger partial charge >= 0.3 is 0 Å². The van der Waals surface area contributed by atoms with Gasteiger partial charge in [0.1, 0.15) is 0 Å². The Bertz CT molecular complexity index is 1430. The summed E-state index contributed by atoms with van der Waals surface area (Å²) in [4.78, 5) is 18.2. The lowest BCUT2D eigenvalue weighted by Gasteiger charge is -2.38. The molecule has 1 aliphatic rings. The molecule has 1 amide bonds. The minimum absolute atomic E-state index is 0.0154. The van der Waals surface area contributed by atoms with E-state index in [-0.39, 0.29) is 24.7 Å². The molecule has 0 aliphatic carbocycles. The van der Waals surface area contributed by atoms with Crippen molar-refractivity contribution in [3.8, 4) is 11.1 Å². The highest BCUT2D eigenvalue weighted by atomic mass is 16.7. The molecule has 5 rings (SSSR count). The molecule has 7 heteroatoms. The van der Waals surface area contributed by atoms with E-state index >= 15 is 0 Å². The highest BCUT2D eigenvalue weighted by Gasteiger charge is 2.32. The van der Waals surface area contributed by atoms with E-state index in [0.717, 1.165) is 65.0 Å². The van der Waals surface area contributed by atoms with Crippen LogP contribution in [0.1, 0.15) is 53.7 Å². The zero-order valence-electron chi connectivity index (χ0n) is 24.3. The summed E-state index contributed by atoms with van der Waals surface area (Å²) in [7, 11) is 2.12. The van der Waals surface area contributed by atoms with Gasteiger partial charge in [-0.3, -0.25) is 9.78 Å². The Kier molecular flexibility index (Phi) is 10.1. The Morgan fingerprint density at radius 1 is 0.952 bits per heavy atom. The monoisotopic (exact) mass is 565 g/mol. The van der Waals surface area contributed by atoms with Gasteiger partial charge in [-0.2, -0.15) is 0 Å². The molecular formula is C35H39N3O4. The van der Waals surface area contributed by atoms with Crippen LogP contribution in [0.15, 0.2) is 97.2 Å². The smallest absolute Gasteiger partial charge is 0.217 e. The number of benzene rings is 3. The van der Waals surface area contributed by atoms with Gasteiger partial charge in [-0.25, -0.2) is 0 Å². The summed E-state index contributed by atoms with van der Waals surface area (Å²) < 4.78 is 13.1. The average Bonchev–Trinajstić information content (AvgIpc) is 3.03. The maximum atomic E-state index is 11.5. The first-order valence-corrected chi connectivity index (χ1v) is 14.5. The molecule has 0 unspecified atom stereocenters. The van der Waals surface area contributed by atoms with Crippen LogP contribution in [0.4, 0.5) is 0 Å². The summed E-state index contributed by atoms with van der Waals surface area (Å²) >= 11 is 0. The second-order valence-corrected chi connectivity index (χ2v) is 10.9. The lowest BCUT2D eigenvalue weighted by molar-refractivity contribution is -0.252. The number of hydrogen-bond donors (Lipinski definition) is 2. The molecule has 0 spiro atoms. The van der Waals surface area contributed by atoms with Crippen LogP contribution in [0, 0.1) is 0 Å². The van der Waals surface area contributed by atoms with Crippen molar-refractivity contribution in [3.05, 3.63) is 125 Å². The van der Waals surface area contributed by atoms with E-state index in [9.17, 15) is 9.90 Å². The van der Waals surface area contributed by atoms with Crippen LogP contribution in [0.2, 0.25) is 0 Å². The first-order valence-electron chi connectivity index (χ1n) is 14.5. The standard InChI is InChI=1S/C35H39N3O4/c1-25(40)37-22-30-7-3-4-9-33(30)27-14-16-29(17-15-27)35-41-32(23-38(2)20-18-31-8-5-6-19-36-31)21-34(42-35)28-12-10-26(24-39)11-13-28/h3-17,19,32,34-35,39H,18,20-24H2,1-2H3,(H,37,40)/t32-,34+,35+/m0/s1. The molecule has 7 nitrogen and oxygen atoms in total. The summed E-state index contributed by atoms with van der Waals surface area (Å²) in [5.41, 5.74) is 7.19. The molecule has 218 valence electrons. The lowest BCUT2D eigenvalue weighted by Crippen LogP contribution is -2.38. The number of aromatic nitrogens is 1. The Balaban J connectivity index is 1.32. The molecule has 1 fully saturated rings. The van der Waals surface area contributed by atoms with Gasteiger partial charge in [0, 0.05) is 56.9 Å². The third kappa shape index (κ3) is 7.89. The Morgan fingerprint density at radius 3 is 2.40 bits per heavy atom. The number of nitrogens with one attached hydrogen (secondary N) is 1. The summed E-state index contributed by atoms with van der Waals surface area (Å²) in [6.45, 7) is 3.68. The minimum Gasteiger partial charge on any atom is -0.392 e. The van der Waals surface area contributed by atoms with Crippen molar-refractivity contribution in [2.24, 2.45) is 0 Å². The predicted molar refractivity (Wildman–Crippen MR) is 163 cm³/mol. The predicted octanol–water partition coefficient (Wildman–Crippen LogP) is 5.60. The third-order valence-electron chi connectivity index (χ3n) is 7.65. The van der Waals surface area contributed by atoms with Crippen LogP contribution < -0.4 is 5.32 Å². The second-order valence-electron chi connectivity index (χ2n) is 10.9. The number of ether oxygens (including phenoxy) is 2. The number of carbonyl (C=O) groups excluding carboxylic acids is 1. The number of likely N-dealkylation sites (N-methyl/N-ethyl adjacent to an activating group) is 1. The highest BCUT2D eigenvalue weighted by molar-refractivity contribution is 5.74. The van der Waals surface area contributed by atoms with E-state index in [2.05, 4.69) is 58.6 Å². The van der Waals surface area contributed by atoms with Gasteiger partial charge in [0.15, 0.2) is 6.29 Å². The van der Waals surface area contributed by atoms with E-state index < -0.39 is 6.29 Å². The third-order valence-corrected chi connectivity index (χ3v) is 7.65. The molecule has 3 aromatic carbocycles. The molecule has 1 aliphatic heterocycles. The van der Waals surface area contributed by atoms with Crippen LogP contribution in [0.3, 0.4) is 0 Å². The number of carbonyl (C=O) groups is 1. The van der Waals surface area contributed by atoms with Crippen molar-refractivity contribution < 1.29 is 19.4 Å². The van der Waals surface area contributed by atoms with E-state index in [0.29, 0.717) is 6.54 Å². The number of hydrogen-bond acceptors (Lipinski definition) is 6. The SMILES string of the molecule is CC(=O)NCc1ccccc1-c1ccc([C@@H]2O[C@H](CN(C)CCc3ccccn3)C[C@H](c3ccc(CO)cc3)O2)cc1. The van der Waals surface area contributed by atoms with Gasteiger partial charge in [-0.1, -0.05) is 78.9 Å². The summed E-state index contributed by atoms with van der Waals surface area (Å²) in [6.07, 6.45) is 2.76. The van der Waals surface area contributed by atoms with Gasteiger partial charge in [-0.05, 0) is 47.0 Å². The van der Waals surface area contributed by atoms with Crippen molar-refractivity contribution in [3.63, 3.8) is 0 Å². The molecule has 1 aromatic heterocycles. The lowest BCUT2D eigenvalue weighted by atomic mass is 9.97. The molecule has 2 N–H and O–H groups in total. The number of aliphatic hydroxyl groups is 1. The molecule has 0 radical (unpaired) electrons. The molecule has 3 atom stereocenters. The topological polar surface area (TPSA) is 83.9 Å². The Morgan fingerprint density at radius 2 is 1.69 bits per heavy atom.